The fourth-order valence-corrected chi connectivity index (χ4v) is 3.50. The largest absolute Gasteiger partial charge is 0.493 e. The highest BCUT2D eigenvalue weighted by molar-refractivity contribution is 5.97. The number of para-hydroxylation sites is 1. The van der Waals surface area contributed by atoms with E-state index in [0.717, 1.165) is 12.8 Å². The molecule has 0 spiro atoms. The fourth-order valence-electron chi connectivity index (χ4n) is 3.50. The molecule has 1 saturated heterocycles. The van der Waals surface area contributed by atoms with E-state index < -0.39 is 5.82 Å². The predicted molar refractivity (Wildman–Crippen MR) is 104 cm³/mol. The van der Waals surface area contributed by atoms with Gasteiger partial charge in [0.05, 0.1) is 18.2 Å². The van der Waals surface area contributed by atoms with Gasteiger partial charge < -0.3 is 15.0 Å². The van der Waals surface area contributed by atoms with E-state index in [1.165, 1.54) is 25.4 Å². The second-order valence-corrected chi connectivity index (χ2v) is 7.04. The minimum atomic E-state index is -0.546. The number of ether oxygens (including phenoxy) is 1. The molecule has 1 fully saturated rings. The van der Waals surface area contributed by atoms with E-state index in [0.29, 0.717) is 30.4 Å². The van der Waals surface area contributed by atoms with Crippen molar-refractivity contribution in [1.29, 1.82) is 5.26 Å². The minimum absolute atomic E-state index is 0.0220. The zero-order valence-electron chi connectivity index (χ0n) is 16.0. The highest BCUT2D eigenvalue weighted by Crippen LogP contribution is 2.28. The number of likely N-dealkylation sites (tertiary alicyclic amines) is 1. The van der Waals surface area contributed by atoms with Gasteiger partial charge in [-0.3, -0.25) is 4.79 Å². The van der Waals surface area contributed by atoms with Gasteiger partial charge in [0.1, 0.15) is 11.9 Å². The Hall–Kier alpha value is -3.14. The number of anilines is 1. The first-order chi connectivity index (χ1) is 13.5. The molecule has 2 atom stereocenters. The van der Waals surface area contributed by atoms with Crippen LogP contribution in [0.25, 0.3) is 0 Å². The number of rotatable bonds is 5. The van der Waals surface area contributed by atoms with Gasteiger partial charge in [-0.15, -0.1) is 0 Å². The third kappa shape index (κ3) is 4.22. The van der Waals surface area contributed by atoms with Crippen LogP contribution in [0.1, 0.15) is 35.7 Å². The third-order valence-corrected chi connectivity index (χ3v) is 5.02. The number of nitriles is 1. The van der Waals surface area contributed by atoms with Gasteiger partial charge in [0.25, 0.3) is 5.91 Å². The number of aromatic nitrogens is 1. The first kappa shape index (κ1) is 19.6. The number of carbonyl (C=O) groups excluding carboxylic acids is 1. The molecule has 28 heavy (non-hydrogen) atoms. The van der Waals surface area contributed by atoms with Gasteiger partial charge in [0.2, 0.25) is 0 Å². The standard InChI is InChI=1S/C21H23FN4O2/c1-14-6-8-16(12-25-19-9-7-15(10-23)11-24-19)26(13-14)21(27)17-4-3-5-18(22)20(17)28-2/h3-5,7,9,11,14,16H,6,8,12-13H2,1-2H3,(H,24,25)/t14-,16-/m0/s1. The molecule has 1 aliphatic rings. The maximum atomic E-state index is 14.0. The summed E-state index contributed by atoms with van der Waals surface area (Å²) < 4.78 is 19.2. The Labute approximate surface area is 163 Å². The molecule has 0 unspecified atom stereocenters. The first-order valence-corrected chi connectivity index (χ1v) is 9.27. The lowest BCUT2D eigenvalue weighted by molar-refractivity contribution is 0.0561. The summed E-state index contributed by atoms with van der Waals surface area (Å²) in [4.78, 5) is 19.2. The molecule has 3 rings (SSSR count). The molecular weight excluding hydrogens is 359 g/mol. The van der Waals surface area contributed by atoms with Gasteiger partial charge in [0.15, 0.2) is 11.6 Å². The summed E-state index contributed by atoms with van der Waals surface area (Å²) in [5, 5.41) is 12.1. The number of nitrogens with one attached hydrogen (secondary N) is 1. The summed E-state index contributed by atoms with van der Waals surface area (Å²) in [5.74, 6) is 0.213. The third-order valence-electron chi connectivity index (χ3n) is 5.02. The number of hydrogen-bond acceptors (Lipinski definition) is 5. The Morgan fingerprint density at radius 2 is 2.21 bits per heavy atom. The zero-order chi connectivity index (χ0) is 20.1. The average Bonchev–Trinajstić information content (AvgIpc) is 2.72. The molecule has 7 heteroatoms. The van der Waals surface area contributed by atoms with E-state index in [9.17, 15) is 9.18 Å². The van der Waals surface area contributed by atoms with Crippen LogP contribution in [0, 0.1) is 23.1 Å². The van der Waals surface area contributed by atoms with E-state index >= 15 is 0 Å². The van der Waals surface area contributed by atoms with Crippen molar-refractivity contribution in [2.45, 2.75) is 25.8 Å². The van der Waals surface area contributed by atoms with Crippen LogP contribution < -0.4 is 10.1 Å². The Bertz CT molecular complexity index is 879. The van der Waals surface area contributed by atoms with Crippen molar-refractivity contribution in [3.8, 4) is 11.8 Å². The Morgan fingerprint density at radius 3 is 2.89 bits per heavy atom. The SMILES string of the molecule is COc1c(F)cccc1C(=O)N1C[C@@H](C)CC[C@H]1CNc1ccc(C#N)cn1. The molecule has 146 valence electrons. The van der Waals surface area contributed by atoms with Crippen molar-refractivity contribution in [3.63, 3.8) is 0 Å². The van der Waals surface area contributed by atoms with Crippen LogP contribution in [0.4, 0.5) is 10.2 Å². The predicted octanol–water partition coefficient (Wildman–Crippen LogP) is 3.45. The van der Waals surface area contributed by atoms with Gasteiger partial charge in [-0.1, -0.05) is 13.0 Å². The number of pyridine rings is 1. The molecule has 0 saturated carbocycles. The molecule has 2 aromatic rings. The second kappa shape index (κ2) is 8.70. The van der Waals surface area contributed by atoms with E-state index in [2.05, 4.69) is 17.2 Å². The van der Waals surface area contributed by atoms with E-state index in [-0.39, 0.29) is 23.3 Å². The highest BCUT2D eigenvalue weighted by atomic mass is 19.1. The van der Waals surface area contributed by atoms with Crippen molar-refractivity contribution in [2.75, 3.05) is 25.5 Å². The molecule has 1 amide bonds. The van der Waals surface area contributed by atoms with Crippen LogP contribution in [-0.2, 0) is 0 Å². The first-order valence-electron chi connectivity index (χ1n) is 9.27. The second-order valence-electron chi connectivity index (χ2n) is 7.04. The number of carbonyl (C=O) groups is 1. The van der Waals surface area contributed by atoms with Crippen molar-refractivity contribution in [3.05, 3.63) is 53.5 Å². The van der Waals surface area contributed by atoms with Crippen LogP contribution in [0.15, 0.2) is 36.5 Å². The number of benzene rings is 1. The number of amides is 1. The quantitative estimate of drug-likeness (QED) is 0.857. The lowest BCUT2D eigenvalue weighted by atomic mass is 9.93. The summed E-state index contributed by atoms with van der Waals surface area (Å²) in [5.41, 5.74) is 0.727. The van der Waals surface area contributed by atoms with Crippen molar-refractivity contribution in [1.82, 2.24) is 9.88 Å². The highest BCUT2D eigenvalue weighted by Gasteiger charge is 2.32. The number of hydrogen-bond donors (Lipinski definition) is 1. The number of piperidine rings is 1. The minimum Gasteiger partial charge on any atom is -0.493 e. The van der Waals surface area contributed by atoms with Gasteiger partial charge in [-0.05, 0) is 43.0 Å². The molecule has 2 heterocycles. The van der Waals surface area contributed by atoms with E-state index in [1.807, 2.05) is 6.07 Å². The summed E-state index contributed by atoms with van der Waals surface area (Å²) >= 11 is 0. The van der Waals surface area contributed by atoms with Crippen LogP contribution in [0.2, 0.25) is 0 Å². The van der Waals surface area contributed by atoms with Gasteiger partial charge in [-0.2, -0.15) is 5.26 Å². The van der Waals surface area contributed by atoms with E-state index in [1.54, 1.807) is 23.1 Å². The summed E-state index contributed by atoms with van der Waals surface area (Å²) in [6, 6.07) is 9.82. The van der Waals surface area contributed by atoms with Gasteiger partial charge in [0, 0.05) is 25.3 Å². The number of nitrogens with zero attached hydrogens (tertiary/aromatic N) is 3. The van der Waals surface area contributed by atoms with E-state index in [4.69, 9.17) is 10.00 Å². The Kier molecular flexibility index (Phi) is 6.09. The molecular formula is C21H23FN4O2. The molecule has 1 aliphatic heterocycles. The molecule has 6 nitrogen and oxygen atoms in total. The Balaban J connectivity index is 1.77. The summed E-state index contributed by atoms with van der Waals surface area (Å²) in [6.45, 7) is 3.23. The summed E-state index contributed by atoms with van der Waals surface area (Å²) in [6.07, 6.45) is 3.36. The monoisotopic (exact) mass is 382 g/mol. The van der Waals surface area contributed by atoms with Crippen molar-refractivity contribution < 1.29 is 13.9 Å². The Morgan fingerprint density at radius 1 is 1.39 bits per heavy atom. The van der Waals surface area contributed by atoms with Crippen LogP contribution >= 0.6 is 0 Å². The molecule has 0 bridgehead atoms. The molecule has 1 N–H and O–H groups in total. The fraction of sp³-hybridized carbons (Fsp3) is 0.381. The molecule has 1 aromatic heterocycles. The smallest absolute Gasteiger partial charge is 0.258 e. The maximum Gasteiger partial charge on any atom is 0.258 e. The molecule has 0 radical (unpaired) electrons. The topological polar surface area (TPSA) is 78.2 Å². The number of halogens is 1. The normalized spacial score (nSPS) is 19.0. The lowest BCUT2D eigenvalue weighted by Crippen LogP contribution is -2.49. The van der Waals surface area contributed by atoms with Crippen LogP contribution in [-0.4, -0.2) is 42.0 Å². The molecule has 1 aromatic carbocycles. The maximum absolute atomic E-state index is 14.0. The zero-order valence-corrected chi connectivity index (χ0v) is 16.0. The van der Waals surface area contributed by atoms with Crippen LogP contribution in [0.3, 0.4) is 0 Å². The number of methoxy groups -OCH3 is 1. The van der Waals surface area contributed by atoms with Crippen molar-refractivity contribution >= 4 is 11.7 Å². The average molecular weight is 382 g/mol. The van der Waals surface area contributed by atoms with Crippen molar-refractivity contribution in [2.24, 2.45) is 5.92 Å². The van der Waals surface area contributed by atoms with Gasteiger partial charge in [-0.25, -0.2) is 9.37 Å². The lowest BCUT2D eigenvalue weighted by Gasteiger charge is -2.39. The molecule has 0 aliphatic carbocycles. The van der Waals surface area contributed by atoms with Crippen LogP contribution in [0.5, 0.6) is 5.75 Å². The summed E-state index contributed by atoms with van der Waals surface area (Å²) in [7, 11) is 1.36. The van der Waals surface area contributed by atoms with Gasteiger partial charge >= 0.3 is 0 Å².